The highest BCUT2D eigenvalue weighted by Gasteiger charge is 2.37. The van der Waals surface area contributed by atoms with E-state index in [1.807, 2.05) is 5.32 Å². The third kappa shape index (κ3) is 10.9. The van der Waals surface area contributed by atoms with Crippen LogP contribution in [0.3, 0.4) is 0 Å². The van der Waals surface area contributed by atoms with E-state index >= 15 is 0 Å². The van der Waals surface area contributed by atoms with Crippen molar-refractivity contribution in [3.63, 3.8) is 0 Å². The second-order valence-electron chi connectivity index (χ2n) is 8.00. The molecule has 4 amide bonds. The Labute approximate surface area is 210 Å². The van der Waals surface area contributed by atoms with Crippen LogP contribution in [0.2, 0.25) is 0 Å². The predicted octanol–water partition coefficient (Wildman–Crippen LogP) is -5.17. The fraction of sp³-hybridized carbons (Fsp3) is 0.650. The van der Waals surface area contributed by atoms with Crippen molar-refractivity contribution in [2.75, 3.05) is 6.61 Å². The number of ether oxygens (including phenoxy) is 1. The molecule has 0 aliphatic rings. The minimum atomic E-state index is -2.05. The van der Waals surface area contributed by atoms with Gasteiger partial charge in [0.25, 0.3) is 0 Å². The maximum atomic E-state index is 12.5. The number of nitrogens with one attached hydrogen (secondary N) is 3. The van der Waals surface area contributed by atoms with Gasteiger partial charge in [-0.25, -0.2) is 0 Å². The van der Waals surface area contributed by atoms with Gasteiger partial charge in [-0.2, -0.15) is 0 Å². The lowest BCUT2D eigenvalue weighted by Gasteiger charge is -2.32. The van der Waals surface area contributed by atoms with Gasteiger partial charge in [0.05, 0.1) is 6.61 Å². The Morgan fingerprint density at radius 3 is 1.89 bits per heavy atom. The number of carbonyl (C=O) groups excluding carboxylic acids is 5. The smallest absolute Gasteiger partial charge is 0.317 e. The maximum Gasteiger partial charge on any atom is 0.317 e. The number of amides is 4. The van der Waals surface area contributed by atoms with Gasteiger partial charge < -0.3 is 56.7 Å². The molecule has 0 bridgehead atoms. The van der Waals surface area contributed by atoms with Crippen LogP contribution < -0.4 is 21.7 Å². The molecule has 37 heavy (non-hydrogen) atoms. The molecule has 0 aromatic carbocycles. The Bertz CT molecular complexity index is 853. The predicted molar refractivity (Wildman–Crippen MR) is 119 cm³/mol. The summed E-state index contributed by atoms with van der Waals surface area (Å²) in [5, 5.41) is 53.3. The van der Waals surface area contributed by atoms with E-state index in [1.165, 1.54) is 0 Å². The number of rotatable bonds is 17. The van der Waals surface area contributed by atoms with Crippen LogP contribution in [0.4, 0.5) is 0 Å². The van der Waals surface area contributed by atoms with Crippen molar-refractivity contribution in [2.45, 2.75) is 69.7 Å². The van der Waals surface area contributed by atoms with Crippen molar-refractivity contribution in [1.29, 1.82) is 0 Å². The van der Waals surface area contributed by atoms with Gasteiger partial charge in [0, 0.05) is 13.3 Å². The Morgan fingerprint density at radius 1 is 0.946 bits per heavy atom. The minimum absolute atomic E-state index is 0.172. The number of aliphatic hydroxyl groups excluding tert-OH is 3. The Balaban J connectivity index is 5.45. The highest BCUT2D eigenvalue weighted by Crippen LogP contribution is 2.13. The molecular weight excluding hydrogens is 504 g/mol. The molecule has 0 fully saturated rings. The summed E-state index contributed by atoms with van der Waals surface area (Å²) < 4.78 is 5.34. The van der Waals surface area contributed by atoms with Crippen LogP contribution in [-0.2, 0) is 38.3 Å². The third-order valence-corrected chi connectivity index (χ3v) is 5.00. The molecule has 17 nitrogen and oxygen atoms in total. The van der Waals surface area contributed by atoms with Gasteiger partial charge in [0.1, 0.15) is 48.8 Å². The summed E-state index contributed by atoms with van der Waals surface area (Å²) in [4.78, 5) is 81.4. The van der Waals surface area contributed by atoms with Gasteiger partial charge in [0.15, 0.2) is 5.92 Å². The van der Waals surface area contributed by atoms with Crippen LogP contribution in [0.15, 0.2) is 0 Å². The number of hydrogen-bond acceptors (Lipinski definition) is 11. The molecule has 0 saturated carbocycles. The first-order valence-corrected chi connectivity index (χ1v) is 10.8. The zero-order valence-corrected chi connectivity index (χ0v) is 20.2. The lowest BCUT2D eigenvalue weighted by atomic mass is 9.99. The second-order valence-corrected chi connectivity index (χ2v) is 8.00. The molecule has 0 saturated heterocycles. The lowest BCUT2D eigenvalue weighted by molar-refractivity contribution is -0.157. The summed E-state index contributed by atoms with van der Waals surface area (Å²) in [6.07, 6.45) is -7.67. The number of primary amides is 1. The van der Waals surface area contributed by atoms with E-state index in [4.69, 9.17) is 25.8 Å². The van der Waals surface area contributed by atoms with Crippen molar-refractivity contribution in [3.8, 4) is 0 Å². The molecule has 0 aromatic rings. The molecule has 0 unspecified atom stereocenters. The second kappa shape index (κ2) is 15.4. The van der Waals surface area contributed by atoms with E-state index in [2.05, 4.69) is 10.6 Å². The van der Waals surface area contributed by atoms with E-state index in [1.54, 1.807) is 0 Å². The highest BCUT2D eigenvalue weighted by atomic mass is 16.5. The van der Waals surface area contributed by atoms with Crippen molar-refractivity contribution in [1.82, 2.24) is 16.0 Å². The molecular formula is C20H32N4O13. The van der Waals surface area contributed by atoms with Gasteiger partial charge in [-0.1, -0.05) is 0 Å². The van der Waals surface area contributed by atoms with E-state index in [0.717, 1.165) is 20.8 Å². The molecule has 0 aliphatic heterocycles. The molecule has 0 heterocycles. The molecule has 0 rings (SSSR count). The Kier molecular flexibility index (Phi) is 13.9. The van der Waals surface area contributed by atoms with Gasteiger partial charge in [-0.3, -0.25) is 28.8 Å². The fourth-order valence-corrected chi connectivity index (χ4v) is 2.91. The molecule has 0 aromatic heterocycles. The molecule has 7 atom stereocenters. The Morgan fingerprint density at radius 2 is 1.49 bits per heavy atom. The molecule has 17 heteroatoms. The van der Waals surface area contributed by atoms with Gasteiger partial charge in [-0.05, 0) is 13.8 Å². The number of aliphatic hydroxyl groups is 3. The lowest BCUT2D eigenvalue weighted by Crippen LogP contribution is -2.57. The first-order chi connectivity index (χ1) is 17.1. The summed E-state index contributed by atoms with van der Waals surface area (Å²) in [6, 6.07) is -4.65. The standard InChI is InChI=1S/C20H32N4O13/c1-7(17(31)24-11(16(21)30)4-10(19(33)34)20(35)36)22-18(32)8(2)37-15(14(29)13(28)6-26)12(5-25)23-9(3)27/h5,7-8,10-15,26,28-29H,4,6H2,1-3H3,(H2,21,30)(H,22,32)(H,23,27)(H,24,31)(H,33,34)(H,35,36)/t7-,8+,11+,12-,13+,14+,15+/m0/s1. The number of hydrogen-bond donors (Lipinski definition) is 9. The summed E-state index contributed by atoms with van der Waals surface area (Å²) in [5.41, 5.74) is 5.11. The molecule has 0 aliphatic carbocycles. The van der Waals surface area contributed by atoms with Crippen LogP contribution in [-0.4, -0.2) is 117 Å². The quantitative estimate of drug-likeness (QED) is 0.0621. The van der Waals surface area contributed by atoms with E-state index < -0.39 is 97.1 Å². The molecule has 0 spiro atoms. The van der Waals surface area contributed by atoms with Gasteiger partial charge in [-0.15, -0.1) is 0 Å². The summed E-state index contributed by atoms with van der Waals surface area (Å²) >= 11 is 0. The number of carbonyl (C=O) groups is 7. The largest absolute Gasteiger partial charge is 0.481 e. The SMILES string of the molecule is CC(=O)N[C@@H](C=O)[C@@H](O[C@H](C)C(=O)N[C@@H](C)C(=O)N[C@H](CC(C(=O)O)C(=O)O)C(N)=O)[C@H](O)[C@H](O)CO. The van der Waals surface area contributed by atoms with E-state index in [9.17, 15) is 43.8 Å². The van der Waals surface area contributed by atoms with Gasteiger partial charge >= 0.3 is 11.9 Å². The molecule has 10 N–H and O–H groups in total. The number of aldehydes is 1. The summed E-state index contributed by atoms with van der Waals surface area (Å²) in [7, 11) is 0. The highest BCUT2D eigenvalue weighted by molar-refractivity contribution is 5.95. The number of aliphatic carboxylic acids is 2. The average Bonchev–Trinajstić information content (AvgIpc) is 2.81. The third-order valence-electron chi connectivity index (χ3n) is 5.00. The topological polar surface area (TPSA) is 292 Å². The van der Waals surface area contributed by atoms with Crippen LogP contribution in [0.25, 0.3) is 0 Å². The average molecular weight is 536 g/mol. The van der Waals surface area contributed by atoms with Crippen LogP contribution >= 0.6 is 0 Å². The van der Waals surface area contributed by atoms with Crippen molar-refractivity contribution >= 4 is 41.9 Å². The zero-order chi connectivity index (χ0) is 29.0. The molecule has 0 radical (unpaired) electrons. The van der Waals surface area contributed by atoms with Crippen molar-refractivity contribution in [2.24, 2.45) is 11.7 Å². The maximum absolute atomic E-state index is 12.5. The molecule has 210 valence electrons. The van der Waals surface area contributed by atoms with E-state index in [-0.39, 0.29) is 6.29 Å². The monoisotopic (exact) mass is 536 g/mol. The van der Waals surface area contributed by atoms with Crippen LogP contribution in [0.5, 0.6) is 0 Å². The first-order valence-electron chi connectivity index (χ1n) is 10.8. The normalized spacial score (nSPS) is 16.7. The Hall–Kier alpha value is -3.67. The van der Waals surface area contributed by atoms with E-state index in [0.29, 0.717) is 0 Å². The number of nitrogens with two attached hydrogens (primary N) is 1. The number of carboxylic acids is 2. The van der Waals surface area contributed by atoms with Crippen molar-refractivity contribution in [3.05, 3.63) is 0 Å². The summed E-state index contributed by atoms with van der Waals surface area (Å²) in [5.74, 6) is -9.58. The van der Waals surface area contributed by atoms with Crippen LogP contribution in [0, 0.1) is 5.92 Å². The van der Waals surface area contributed by atoms with Gasteiger partial charge in [0.2, 0.25) is 23.6 Å². The minimum Gasteiger partial charge on any atom is -0.481 e. The number of carboxylic acid groups (broad SMARTS) is 2. The van der Waals surface area contributed by atoms with Crippen LogP contribution in [0.1, 0.15) is 27.2 Å². The van der Waals surface area contributed by atoms with Crippen molar-refractivity contribution < 1.29 is 63.8 Å². The fourth-order valence-electron chi connectivity index (χ4n) is 2.91. The zero-order valence-electron chi connectivity index (χ0n) is 20.2. The first kappa shape index (κ1) is 33.3. The summed E-state index contributed by atoms with van der Waals surface area (Å²) in [6.45, 7) is 2.39.